The second-order valence-electron chi connectivity index (χ2n) is 5.59. The van der Waals surface area contributed by atoms with E-state index in [1.54, 1.807) is 4.68 Å². The molecule has 0 spiro atoms. The average Bonchev–Trinajstić information content (AvgIpc) is 2.74. The first-order valence-electron chi connectivity index (χ1n) is 6.64. The van der Waals surface area contributed by atoms with Gasteiger partial charge in [0, 0.05) is 5.69 Å². The van der Waals surface area contributed by atoms with Crippen LogP contribution in [-0.4, -0.2) is 34.8 Å². The van der Waals surface area contributed by atoms with Crippen LogP contribution < -0.4 is 0 Å². The molecule has 108 valence electrons. The SMILES string of the molecule is CC(C)c1cc(C(F)(F)F)nn1C1CCN(C)CC1. The number of piperidine rings is 1. The monoisotopic (exact) mass is 275 g/mol. The van der Waals surface area contributed by atoms with E-state index in [2.05, 4.69) is 10.00 Å². The second-order valence-corrected chi connectivity index (χ2v) is 5.59. The van der Waals surface area contributed by atoms with Crippen molar-refractivity contribution in [2.24, 2.45) is 0 Å². The van der Waals surface area contributed by atoms with Crippen LogP contribution in [0.25, 0.3) is 0 Å². The van der Waals surface area contributed by atoms with Crippen LogP contribution in [0.2, 0.25) is 0 Å². The first-order valence-corrected chi connectivity index (χ1v) is 6.64. The van der Waals surface area contributed by atoms with E-state index in [1.807, 2.05) is 20.9 Å². The maximum atomic E-state index is 12.8. The molecule has 1 saturated heterocycles. The van der Waals surface area contributed by atoms with E-state index < -0.39 is 11.9 Å². The minimum Gasteiger partial charge on any atom is -0.306 e. The van der Waals surface area contributed by atoms with E-state index in [9.17, 15) is 13.2 Å². The van der Waals surface area contributed by atoms with Gasteiger partial charge in [-0.15, -0.1) is 0 Å². The van der Waals surface area contributed by atoms with Crippen molar-refractivity contribution in [2.45, 2.75) is 44.8 Å². The summed E-state index contributed by atoms with van der Waals surface area (Å²) in [5, 5.41) is 3.82. The molecule has 6 heteroatoms. The van der Waals surface area contributed by atoms with Gasteiger partial charge in [-0.05, 0) is 45.0 Å². The lowest BCUT2D eigenvalue weighted by molar-refractivity contribution is -0.141. The number of aromatic nitrogens is 2. The fourth-order valence-corrected chi connectivity index (χ4v) is 2.51. The van der Waals surface area contributed by atoms with E-state index in [4.69, 9.17) is 0 Å². The van der Waals surface area contributed by atoms with Gasteiger partial charge in [0.05, 0.1) is 6.04 Å². The highest BCUT2D eigenvalue weighted by molar-refractivity contribution is 5.17. The Hall–Kier alpha value is -1.04. The van der Waals surface area contributed by atoms with Crippen molar-refractivity contribution in [3.05, 3.63) is 17.5 Å². The molecular weight excluding hydrogens is 255 g/mol. The number of likely N-dealkylation sites (tertiary alicyclic amines) is 1. The molecule has 3 nitrogen and oxygen atoms in total. The van der Waals surface area contributed by atoms with Crippen LogP contribution in [0.4, 0.5) is 13.2 Å². The molecule has 0 bridgehead atoms. The Morgan fingerprint density at radius 2 is 1.84 bits per heavy atom. The second kappa shape index (κ2) is 5.15. The standard InChI is InChI=1S/C13H20F3N3/c1-9(2)11-8-12(13(14,15)16)17-19(11)10-4-6-18(3)7-5-10/h8-10H,4-7H2,1-3H3. The summed E-state index contributed by atoms with van der Waals surface area (Å²) < 4.78 is 40.0. The van der Waals surface area contributed by atoms with Crippen LogP contribution in [0, 0.1) is 0 Å². The molecule has 0 aliphatic carbocycles. The zero-order valence-electron chi connectivity index (χ0n) is 11.5. The van der Waals surface area contributed by atoms with Gasteiger partial charge >= 0.3 is 6.18 Å². The lowest BCUT2D eigenvalue weighted by atomic mass is 10.0. The lowest BCUT2D eigenvalue weighted by Crippen LogP contribution is -2.32. The summed E-state index contributed by atoms with van der Waals surface area (Å²) in [5.41, 5.74) is -0.0861. The number of halogens is 3. The van der Waals surface area contributed by atoms with Crippen molar-refractivity contribution < 1.29 is 13.2 Å². The summed E-state index contributed by atoms with van der Waals surface area (Å²) in [6.45, 7) is 5.62. The van der Waals surface area contributed by atoms with E-state index in [0.717, 1.165) is 25.9 Å². The minimum atomic E-state index is -4.36. The van der Waals surface area contributed by atoms with Gasteiger partial charge in [0.2, 0.25) is 0 Å². The fourth-order valence-electron chi connectivity index (χ4n) is 2.51. The third-order valence-corrected chi connectivity index (χ3v) is 3.68. The Kier molecular flexibility index (Phi) is 3.90. The minimum absolute atomic E-state index is 0.0447. The quantitative estimate of drug-likeness (QED) is 0.825. The van der Waals surface area contributed by atoms with Gasteiger partial charge in [0.25, 0.3) is 0 Å². The predicted octanol–water partition coefficient (Wildman–Crippen LogP) is 3.29. The molecule has 0 amide bonds. The highest BCUT2D eigenvalue weighted by Gasteiger charge is 2.36. The first-order chi connectivity index (χ1) is 8.79. The van der Waals surface area contributed by atoms with Gasteiger partial charge < -0.3 is 4.90 Å². The zero-order valence-corrected chi connectivity index (χ0v) is 11.5. The van der Waals surface area contributed by atoms with Gasteiger partial charge in [-0.3, -0.25) is 4.68 Å². The van der Waals surface area contributed by atoms with E-state index >= 15 is 0 Å². The molecule has 1 aliphatic rings. The topological polar surface area (TPSA) is 21.1 Å². The molecule has 2 rings (SSSR count). The Balaban J connectivity index is 2.30. The maximum Gasteiger partial charge on any atom is 0.435 e. The Bertz CT molecular complexity index is 429. The number of hydrogen-bond donors (Lipinski definition) is 0. The van der Waals surface area contributed by atoms with Crippen molar-refractivity contribution >= 4 is 0 Å². The molecule has 0 radical (unpaired) electrons. The summed E-state index contributed by atoms with van der Waals surface area (Å²) in [4.78, 5) is 2.19. The summed E-state index contributed by atoms with van der Waals surface area (Å²) in [6.07, 6.45) is -2.65. The third-order valence-electron chi connectivity index (χ3n) is 3.68. The van der Waals surface area contributed by atoms with Gasteiger partial charge in [-0.1, -0.05) is 13.8 Å². The molecule has 0 unspecified atom stereocenters. The molecular formula is C13H20F3N3. The van der Waals surface area contributed by atoms with E-state index in [1.165, 1.54) is 6.07 Å². The number of alkyl halides is 3. The maximum absolute atomic E-state index is 12.8. The van der Waals surface area contributed by atoms with Crippen molar-refractivity contribution in [1.29, 1.82) is 0 Å². The van der Waals surface area contributed by atoms with Crippen LogP contribution in [-0.2, 0) is 6.18 Å². The van der Waals surface area contributed by atoms with Gasteiger partial charge in [-0.2, -0.15) is 18.3 Å². The smallest absolute Gasteiger partial charge is 0.306 e. The van der Waals surface area contributed by atoms with Gasteiger partial charge in [0.15, 0.2) is 5.69 Å². The van der Waals surface area contributed by atoms with Crippen molar-refractivity contribution in [1.82, 2.24) is 14.7 Å². The summed E-state index contributed by atoms with van der Waals surface area (Å²) in [7, 11) is 2.03. The Labute approximate surface area is 111 Å². The average molecular weight is 275 g/mol. The van der Waals surface area contributed by atoms with E-state index in [0.29, 0.717) is 5.69 Å². The Morgan fingerprint density at radius 3 is 2.32 bits per heavy atom. The molecule has 0 N–H and O–H groups in total. The Morgan fingerprint density at radius 1 is 1.26 bits per heavy atom. The van der Waals surface area contributed by atoms with Crippen molar-refractivity contribution in [2.75, 3.05) is 20.1 Å². The summed E-state index contributed by atoms with van der Waals surface area (Å²) in [6, 6.07) is 1.29. The highest BCUT2D eigenvalue weighted by Crippen LogP contribution is 2.33. The third kappa shape index (κ3) is 3.11. The lowest BCUT2D eigenvalue weighted by Gasteiger charge is -2.30. The van der Waals surface area contributed by atoms with Gasteiger partial charge in [0.1, 0.15) is 0 Å². The number of nitrogens with zero attached hydrogens (tertiary/aromatic N) is 3. The molecule has 19 heavy (non-hydrogen) atoms. The van der Waals surface area contributed by atoms with Crippen LogP contribution in [0.5, 0.6) is 0 Å². The summed E-state index contributed by atoms with van der Waals surface area (Å²) >= 11 is 0. The van der Waals surface area contributed by atoms with E-state index in [-0.39, 0.29) is 12.0 Å². The molecule has 1 fully saturated rings. The fraction of sp³-hybridized carbons (Fsp3) is 0.769. The first kappa shape index (κ1) is 14.4. The molecule has 0 atom stereocenters. The molecule has 1 aromatic heterocycles. The zero-order chi connectivity index (χ0) is 14.2. The van der Waals surface area contributed by atoms with Crippen LogP contribution in [0.1, 0.15) is 50.0 Å². The molecule has 1 aliphatic heterocycles. The highest BCUT2D eigenvalue weighted by atomic mass is 19.4. The molecule has 2 heterocycles. The number of hydrogen-bond acceptors (Lipinski definition) is 2. The van der Waals surface area contributed by atoms with Crippen molar-refractivity contribution in [3.63, 3.8) is 0 Å². The summed E-state index contributed by atoms with van der Waals surface area (Å²) in [5.74, 6) is 0.0447. The van der Waals surface area contributed by atoms with Crippen LogP contribution >= 0.6 is 0 Å². The van der Waals surface area contributed by atoms with Gasteiger partial charge in [-0.25, -0.2) is 0 Å². The van der Waals surface area contributed by atoms with Crippen LogP contribution in [0.15, 0.2) is 6.07 Å². The molecule has 0 saturated carbocycles. The van der Waals surface area contributed by atoms with Crippen molar-refractivity contribution in [3.8, 4) is 0 Å². The predicted molar refractivity (Wildman–Crippen MR) is 67.1 cm³/mol. The molecule has 0 aromatic carbocycles. The number of rotatable bonds is 2. The van der Waals surface area contributed by atoms with Crippen LogP contribution in [0.3, 0.4) is 0 Å². The largest absolute Gasteiger partial charge is 0.435 e. The molecule has 1 aromatic rings. The normalized spacial score (nSPS) is 19.3.